The first-order valence-electron chi connectivity index (χ1n) is 6.38. The second-order valence-electron chi connectivity index (χ2n) is 4.44. The minimum atomic E-state index is -0.306. The van der Waals surface area contributed by atoms with Crippen molar-refractivity contribution in [3.8, 4) is 11.4 Å². The summed E-state index contributed by atoms with van der Waals surface area (Å²) in [6, 6.07) is 18.0. The predicted octanol–water partition coefficient (Wildman–Crippen LogP) is 3.71. The van der Waals surface area contributed by atoms with Crippen molar-refractivity contribution in [3.05, 3.63) is 76.8 Å². The number of nitroso groups, excluding NO2 is 1. The number of ketones is 1. The summed E-state index contributed by atoms with van der Waals surface area (Å²) in [5.74, 6) is 0.0204. The summed E-state index contributed by atoms with van der Waals surface area (Å²) in [5, 5.41) is 2.85. The molecule has 0 aliphatic carbocycles. The Balaban J connectivity index is 2.05. The van der Waals surface area contributed by atoms with Gasteiger partial charge in [0.1, 0.15) is 11.5 Å². The number of nitrogens with one attached hydrogen (secondary N) is 1. The lowest BCUT2D eigenvalue weighted by molar-refractivity contribution is 0.103. The van der Waals surface area contributed by atoms with Crippen LogP contribution >= 0.6 is 0 Å². The van der Waals surface area contributed by atoms with E-state index in [0.717, 1.165) is 5.56 Å². The molecule has 102 valence electrons. The van der Waals surface area contributed by atoms with E-state index in [1.54, 1.807) is 24.3 Å². The van der Waals surface area contributed by atoms with Gasteiger partial charge in [-0.2, -0.15) is 0 Å². The third-order valence-corrected chi connectivity index (χ3v) is 3.08. The van der Waals surface area contributed by atoms with E-state index in [1.165, 1.54) is 0 Å². The highest BCUT2D eigenvalue weighted by Gasteiger charge is 2.20. The van der Waals surface area contributed by atoms with E-state index in [2.05, 4.69) is 15.1 Å². The van der Waals surface area contributed by atoms with E-state index >= 15 is 0 Å². The van der Waals surface area contributed by atoms with Gasteiger partial charge in [0.2, 0.25) is 11.6 Å². The van der Waals surface area contributed by atoms with Crippen molar-refractivity contribution in [3.63, 3.8) is 0 Å². The van der Waals surface area contributed by atoms with Crippen molar-refractivity contribution in [2.45, 2.75) is 0 Å². The zero-order valence-corrected chi connectivity index (χ0v) is 11.0. The highest BCUT2D eigenvalue weighted by Crippen LogP contribution is 2.25. The Morgan fingerprint density at radius 1 is 0.952 bits per heavy atom. The lowest BCUT2D eigenvalue weighted by Crippen LogP contribution is -2.01. The molecule has 1 heterocycles. The molecule has 0 aliphatic rings. The fraction of sp³-hybridized carbons (Fsp3) is 0. The maximum absolute atomic E-state index is 12.4. The van der Waals surface area contributed by atoms with Crippen LogP contribution in [0.2, 0.25) is 0 Å². The van der Waals surface area contributed by atoms with Gasteiger partial charge in [-0.15, -0.1) is 4.91 Å². The number of H-pyrrole nitrogens is 1. The number of aromatic nitrogens is 2. The molecule has 0 radical (unpaired) electrons. The molecule has 0 bridgehead atoms. The number of carbonyl (C=O) groups excluding carboxylic acids is 1. The molecule has 0 atom stereocenters. The monoisotopic (exact) mass is 277 g/mol. The van der Waals surface area contributed by atoms with Gasteiger partial charge in [0.15, 0.2) is 0 Å². The highest BCUT2D eigenvalue weighted by molar-refractivity contribution is 6.10. The molecule has 0 saturated carbocycles. The quantitative estimate of drug-likeness (QED) is 0.583. The fourth-order valence-corrected chi connectivity index (χ4v) is 2.06. The van der Waals surface area contributed by atoms with Crippen LogP contribution in [0.15, 0.2) is 65.8 Å². The van der Waals surface area contributed by atoms with Gasteiger partial charge in [0.05, 0.1) is 0 Å². The van der Waals surface area contributed by atoms with E-state index in [-0.39, 0.29) is 17.3 Å². The average molecular weight is 277 g/mol. The number of rotatable bonds is 4. The Labute approximate surface area is 120 Å². The molecular weight excluding hydrogens is 266 g/mol. The maximum Gasteiger partial charge on any atom is 0.226 e. The number of aromatic amines is 1. The normalized spacial score (nSPS) is 10.3. The molecule has 1 aromatic heterocycles. The minimum absolute atomic E-state index is 0.107. The SMILES string of the molecule is O=Nc1nc(-c2ccccc2)[nH]c1C(=O)c1ccccc1. The van der Waals surface area contributed by atoms with Crippen LogP contribution in [0.3, 0.4) is 0 Å². The number of benzene rings is 2. The van der Waals surface area contributed by atoms with Crippen LogP contribution in [0.4, 0.5) is 5.82 Å². The van der Waals surface area contributed by atoms with Gasteiger partial charge in [-0.05, 0) is 5.18 Å². The van der Waals surface area contributed by atoms with Gasteiger partial charge in [-0.25, -0.2) is 4.98 Å². The van der Waals surface area contributed by atoms with Gasteiger partial charge in [-0.3, -0.25) is 4.79 Å². The lowest BCUT2D eigenvalue weighted by atomic mass is 10.1. The molecule has 0 spiro atoms. The first-order valence-corrected chi connectivity index (χ1v) is 6.38. The van der Waals surface area contributed by atoms with E-state index in [1.807, 2.05) is 36.4 Å². The number of hydrogen-bond donors (Lipinski definition) is 1. The summed E-state index contributed by atoms with van der Waals surface area (Å²) >= 11 is 0. The summed E-state index contributed by atoms with van der Waals surface area (Å²) in [7, 11) is 0. The van der Waals surface area contributed by atoms with E-state index < -0.39 is 0 Å². The molecular formula is C16H11N3O2. The van der Waals surface area contributed by atoms with Gasteiger partial charge < -0.3 is 4.98 Å². The Morgan fingerprint density at radius 3 is 2.19 bits per heavy atom. The zero-order valence-electron chi connectivity index (χ0n) is 11.0. The molecule has 0 aliphatic heterocycles. The van der Waals surface area contributed by atoms with Crippen molar-refractivity contribution in [2.24, 2.45) is 5.18 Å². The molecule has 0 amide bonds. The Morgan fingerprint density at radius 2 is 1.57 bits per heavy atom. The lowest BCUT2D eigenvalue weighted by Gasteiger charge is -1.98. The van der Waals surface area contributed by atoms with Crippen molar-refractivity contribution >= 4 is 11.6 Å². The molecule has 0 saturated heterocycles. The third-order valence-electron chi connectivity index (χ3n) is 3.08. The van der Waals surface area contributed by atoms with E-state index in [0.29, 0.717) is 11.4 Å². The van der Waals surface area contributed by atoms with Crippen molar-refractivity contribution in [1.82, 2.24) is 9.97 Å². The summed E-state index contributed by atoms with van der Waals surface area (Å²) < 4.78 is 0. The van der Waals surface area contributed by atoms with Gasteiger partial charge >= 0.3 is 0 Å². The second kappa shape index (κ2) is 5.50. The molecule has 21 heavy (non-hydrogen) atoms. The Hall–Kier alpha value is -3.08. The summed E-state index contributed by atoms with van der Waals surface area (Å²) in [6.45, 7) is 0. The van der Waals surface area contributed by atoms with E-state index in [9.17, 15) is 9.70 Å². The van der Waals surface area contributed by atoms with Gasteiger partial charge in [0.25, 0.3) is 0 Å². The molecule has 0 unspecified atom stereocenters. The largest absolute Gasteiger partial charge is 0.333 e. The smallest absolute Gasteiger partial charge is 0.226 e. The van der Waals surface area contributed by atoms with Crippen LogP contribution in [0.25, 0.3) is 11.4 Å². The third kappa shape index (κ3) is 2.49. The minimum Gasteiger partial charge on any atom is -0.333 e. The topological polar surface area (TPSA) is 75.2 Å². The van der Waals surface area contributed by atoms with Crippen LogP contribution in [0.1, 0.15) is 16.1 Å². The number of carbonyl (C=O) groups is 1. The number of nitrogens with zero attached hydrogens (tertiary/aromatic N) is 2. The Bertz CT molecular complexity index is 780. The molecule has 2 aromatic carbocycles. The standard InChI is InChI=1S/C16H11N3O2/c20-14(11-7-3-1-4-8-11)13-16(19-21)18-15(17-13)12-9-5-2-6-10-12/h1-10H,(H,17,18). The fourth-order valence-electron chi connectivity index (χ4n) is 2.06. The number of imidazole rings is 1. The first-order chi connectivity index (χ1) is 10.3. The van der Waals surface area contributed by atoms with Crippen molar-refractivity contribution in [2.75, 3.05) is 0 Å². The Kier molecular flexibility index (Phi) is 3.39. The first kappa shape index (κ1) is 12.9. The van der Waals surface area contributed by atoms with E-state index in [4.69, 9.17) is 0 Å². The number of hydrogen-bond acceptors (Lipinski definition) is 4. The van der Waals surface area contributed by atoms with Crippen molar-refractivity contribution < 1.29 is 4.79 Å². The van der Waals surface area contributed by atoms with Crippen LogP contribution in [-0.2, 0) is 0 Å². The van der Waals surface area contributed by atoms with Crippen molar-refractivity contribution in [1.29, 1.82) is 0 Å². The molecule has 1 N–H and O–H groups in total. The average Bonchev–Trinajstić information content (AvgIpc) is 3.00. The van der Waals surface area contributed by atoms with Crippen LogP contribution in [-0.4, -0.2) is 15.8 Å². The van der Waals surface area contributed by atoms with Gasteiger partial charge in [-0.1, -0.05) is 60.7 Å². The molecule has 5 heteroatoms. The molecule has 0 fully saturated rings. The molecule has 3 rings (SSSR count). The molecule has 3 aromatic rings. The summed E-state index contributed by atoms with van der Waals surface area (Å²) in [5.41, 5.74) is 1.37. The predicted molar refractivity (Wildman–Crippen MR) is 79.4 cm³/mol. The van der Waals surface area contributed by atoms with Gasteiger partial charge in [0, 0.05) is 11.1 Å². The van der Waals surface area contributed by atoms with Crippen LogP contribution in [0.5, 0.6) is 0 Å². The van der Waals surface area contributed by atoms with Crippen LogP contribution < -0.4 is 0 Å². The maximum atomic E-state index is 12.4. The second-order valence-corrected chi connectivity index (χ2v) is 4.44. The summed E-state index contributed by atoms with van der Waals surface area (Å²) in [6.07, 6.45) is 0. The zero-order chi connectivity index (χ0) is 14.7. The summed E-state index contributed by atoms with van der Waals surface area (Å²) in [4.78, 5) is 30.3. The molecule has 5 nitrogen and oxygen atoms in total. The van der Waals surface area contributed by atoms with Crippen LogP contribution in [0, 0.1) is 4.91 Å². The highest BCUT2D eigenvalue weighted by atomic mass is 16.3.